The monoisotopic (exact) mass is 884 g/mol. The molecule has 3 aliphatic heterocycles. The average molecular weight is 885 g/mol. The average Bonchev–Trinajstić information content (AvgIpc) is 3.78. The number of fused-ring (bicyclic) bond motifs is 2. The minimum Gasteiger partial charge on any atom is -0.393 e. The van der Waals surface area contributed by atoms with Crippen LogP contribution >= 0.6 is 0 Å². The number of aryl methyl sites for hydroxylation is 2. The fourth-order valence-corrected chi connectivity index (χ4v) is 10.4. The third-order valence-electron chi connectivity index (χ3n) is 14.1. The molecule has 0 radical (unpaired) electrons. The quantitative estimate of drug-likeness (QED) is 0.125. The van der Waals surface area contributed by atoms with Gasteiger partial charge in [-0.1, -0.05) is 30.3 Å². The zero-order chi connectivity index (χ0) is 44.5. The molecule has 0 unspecified atom stereocenters. The third kappa shape index (κ3) is 9.77. The Balaban J connectivity index is 0.742. The van der Waals surface area contributed by atoms with E-state index in [1.165, 1.54) is 28.5 Å². The molecular formula is C47H59F3N10O4. The molecule has 3 N–H and O–H groups in total. The van der Waals surface area contributed by atoms with Gasteiger partial charge in [-0.25, -0.2) is 9.78 Å². The van der Waals surface area contributed by atoms with Crippen molar-refractivity contribution >= 4 is 39.8 Å². The zero-order valence-corrected chi connectivity index (χ0v) is 36.5. The Hall–Kier alpha value is -5.10. The molecule has 14 nitrogen and oxygen atoms in total. The Bertz CT molecular complexity index is 2510. The number of aliphatic hydroxyl groups is 1. The summed E-state index contributed by atoms with van der Waals surface area (Å²) in [5.74, 6) is -0.538. The summed E-state index contributed by atoms with van der Waals surface area (Å²) in [4.78, 5) is 54.3. The number of amides is 2. The second-order valence-electron chi connectivity index (χ2n) is 18.3. The van der Waals surface area contributed by atoms with E-state index in [1.54, 1.807) is 17.8 Å². The van der Waals surface area contributed by atoms with Crippen molar-refractivity contribution in [3.8, 4) is 11.1 Å². The van der Waals surface area contributed by atoms with Crippen LogP contribution in [0.15, 0.2) is 59.7 Å². The normalized spacial score (nSPS) is 22.4. The number of aliphatic hydroxyl groups excluding tert-OH is 1. The number of likely N-dealkylation sites (tertiary alicyclic amines) is 1. The minimum absolute atomic E-state index is 0.137. The van der Waals surface area contributed by atoms with Gasteiger partial charge in [0.1, 0.15) is 11.7 Å². The number of nitrogens with one attached hydrogen (secondary N) is 2. The predicted molar refractivity (Wildman–Crippen MR) is 239 cm³/mol. The van der Waals surface area contributed by atoms with E-state index in [-0.39, 0.29) is 42.7 Å². The first-order valence-electron chi connectivity index (χ1n) is 23.0. The number of carbonyl (C=O) groups is 2. The summed E-state index contributed by atoms with van der Waals surface area (Å²) in [5, 5.41) is 16.1. The number of aromatic nitrogens is 5. The van der Waals surface area contributed by atoms with Gasteiger partial charge < -0.3 is 19.9 Å². The largest absolute Gasteiger partial charge is 0.393 e. The molecule has 4 aliphatic rings. The molecule has 3 saturated heterocycles. The minimum atomic E-state index is -4.26. The molecular weight excluding hydrogens is 826 g/mol. The smallest absolute Gasteiger partial charge is 0.390 e. The molecule has 342 valence electrons. The van der Waals surface area contributed by atoms with Crippen LogP contribution in [0.3, 0.4) is 0 Å². The maximum absolute atomic E-state index is 13.2. The van der Waals surface area contributed by atoms with Crippen LogP contribution in [-0.4, -0.2) is 126 Å². The van der Waals surface area contributed by atoms with Crippen molar-refractivity contribution in [1.82, 2.24) is 43.7 Å². The molecule has 64 heavy (non-hydrogen) atoms. The first-order valence-corrected chi connectivity index (χ1v) is 23.0. The van der Waals surface area contributed by atoms with E-state index in [0.717, 1.165) is 106 Å². The Morgan fingerprint density at radius 2 is 1.58 bits per heavy atom. The molecule has 0 bridgehead atoms. The van der Waals surface area contributed by atoms with Crippen LogP contribution in [0.25, 0.3) is 33.2 Å². The molecule has 2 amide bonds. The van der Waals surface area contributed by atoms with E-state index in [4.69, 9.17) is 4.98 Å². The summed E-state index contributed by atoms with van der Waals surface area (Å²) in [6, 6.07) is 14.8. The van der Waals surface area contributed by atoms with Crippen molar-refractivity contribution in [2.24, 2.45) is 7.05 Å². The van der Waals surface area contributed by atoms with E-state index in [1.807, 2.05) is 6.07 Å². The van der Waals surface area contributed by atoms with E-state index < -0.39 is 24.5 Å². The lowest BCUT2D eigenvalue weighted by Gasteiger charge is -2.43. The van der Waals surface area contributed by atoms with Crippen molar-refractivity contribution in [3.05, 3.63) is 76.5 Å². The Kier molecular flexibility index (Phi) is 12.9. The number of benzene rings is 2. The molecule has 2 aromatic carbocycles. The Morgan fingerprint density at radius 1 is 0.844 bits per heavy atom. The Morgan fingerprint density at radius 3 is 2.30 bits per heavy atom. The van der Waals surface area contributed by atoms with Crippen molar-refractivity contribution < 1.29 is 27.9 Å². The van der Waals surface area contributed by atoms with Gasteiger partial charge in [-0.2, -0.15) is 18.2 Å². The van der Waals surface area contributed by atoms with Crippen molar-refractivity contribution in [2.75, 3.05) is 57.7 Å². The molecule has 1 aliphatic carbocycles. The summed E-state index contributed by atoms with van der Waals surface area (Å²) < 4.78 is 43.7. The summed E-state index contributed by atoms with van der Waals surface area (Å²) in [5.41, 5.74) is 6.41. The van der Waals surface area contributed by atoms with Crippen LogP contribution in [0.5, 0.6) is 0 Å². The topological polar surface area (TPSA) is 146 Å². The number of imide groups is 1. The maximum Gasteiger partial charge on any atom is 0.390 e. The number of rotatable bonds is 13. The summed E-state index contributed by atoms with van der Waals surface area (Å²) >= 11 is 0. The van der Waals surface area contributed by atoms with Crippen LogP contribution < -0.4 is 16.3 Å². The van der Waals surface area contributed by atoms with Gasteiger partial charge in [-0.15, -0.1) is 0 Å². The first kappa shape index (κ1) is 44.1. The number of halogens is 3. The fraction of sp³-hybridized carbons (Fsp3) is 0.553. The number of imidazole rings is 1. The highest BCUT2D eigenvalue weighted by molar-refractivity contribution is 6.00. The predicted octanol–water partition coefficient (Wildman–Crippen LogP) is 5.78. The second kappa shape index (κ2) is 18.8. The highest BCUT2D eigenvalue weighted by Gasteiger charge is 2.32. The second-order valence-corrected chi connectivity index (χ2v) is 18.3. The highest BCUT2D eigenvalue weighted by Crippen LogP contribution is 2.37. The van der Waals surface area contributed by atoms with Gasteiger partial charge in [0, 0.05) is 88.2 Å². The SMILES string of the molecule is Cn1c(=O)n([C@H]2CCC(=O)NC2=O)c2ccc(CCCN3CCC(N4CCN(Cc5ccc(-c6cn(C7CCC(O)CC7)c7nc(NCCC(F)(F)F)ncc67)cc5)CC4)CC3)cc21. The number of piperazine rings is 1. The number of anilines is 1. The number of alkyl halides is 3. The molecule has 9 rings (SSSR count). The molecule has 5 aromatic rings. The van der Waals surface area contributed by atoms with E-state index in [9.17, 15) is 32.7 Å². The van der Waals surface area contributed by atoms with Gasteiger partial charge in [0.2, 0.25) is 17.8 Å². The number of hydrogen-bond donors (Lipinski definition) is 3. The number of piperidine rings is 2. The van der Waals surface area contributed by atoms with Gasteiger partial charge >= 0.3 is 11.9 Å². The molecule has 4 fully saturated rings. The number of nitrogens with zero attached hydrogens (tertiary/aromatic N) is 8. The van der Waals surface area contributed by atoms with Crippen LogP contribution in [-0.2, 0) is 29.6 Å². The summed E-state index contributed by atoms with van der Waals surface area (Å²) in [6.45, 7) is 7.96. The fourth-order valence-electron chi connectivity index (χ4n) is 10.4. The van der Waals surface area contributed by atoms with Crippen LogP contribution in [0.4, 0.5) is 19.1 Å². The van der Waals surface area contributed by atoms with Gasteiger partial charge in [0.05, 0.1) is 23.6 Å². The first-order chi connectivity index (χ1) is 30.9. The molecule has 0 spiro atoms. The highest BCUT2D eigenvalue weighted by atomic mass is 19.4. The van der Waals surface area contributed by atoms with Crippen LogP contribution in [0, 0.1) is 0 Å². The molecule has 3 aromatic heterocycles. The van der Waals surface area contributed by atoms with Crippen molar-refractivity contribution in [1.29, 1.82) is 0 Å². The number of carbonyl (C=O) groups excluding carboxylic acids is 2. The van der Waals surface area contributed by atoms with Gasteiger partial charge in [-0.05, 0) is 106 Å². The summed E-state index contributed by atoms with van der Waals surface area (Å²) in [7, 11) is 1.74. The van der Waals surface area contributed by atoms with Crippen molar-refractivity contribution in [3.63, 3.8) is 0 Å². The molecule has 1 atom stereocenters. The number of hydrogen-bond acceptors (Lipinski definition) is 10. The lowest BCUT2D eigenvalue weighted by molar-refractivity contribution is -0.136. The third-order valence-corrected chi connectivity index (χ3v) is 14.1. The molecule has 17 heteroatoms. The standard InChI is InChI=1S/C47H59F3N10O4/c1-55-41-27-31(6-13-39(41)60(46(55)64)40-14-15-42(62)53-44(40)63)3-2-20-56-21-16-34(17-22-56)58-25-23-57(24-26-58)29-32-4-7-33(8-5-32)38-30-59(35-9-11-36(61)12-10-35)43-37(38)28-52-45(54-43)51-19-18-47(48,49)50/h4-8,13,27-28,30,34-36,40,61H,2-3,9-12,14-26,29H2,1H3,(H,51,52,54)(H,53,62,63)/t35?,36?,40-/m0/s1. The van der Waals surface area contributed by atoms with E-state index in [2.05, 4.69) is 77.5 Å². The van der Waals surface area contributed by atoms with Gasteiger partial charge in [0.25, 0.3) is 0 Å². The maximum atomic E-state index is 13.2. The molecule has 1 saturated carbocycles. The van der Waals surface area contributed by atoms with E-state index >= 15 is 0 Å². The van der Waals surface area contributed by atoms with Crippen LogP contribution in [0.2, 0.25) is 0 Å². The summed E-state index contributed by atoms with van der Waals surface area (Å²) in [6.07, 6.45) is 6.10. The molecule has 6 heterocycles. The van der Waals surface area contributed by atoms with Crippen molar-refractivity contribution in [2.45, 2.75) is 108 Å². The van der Waals surface area contributed by atoms with Crippen LogP contribution in [0.1, 0.15) is 87.4 Å². The lowest BCUT2D eigenvalue weighted by atomic mass is 9.93. The zero-order valence-electron chi connectivity index (χ0n) is 36.5. The Labute approximate surface area is 370 Å². The lowest BCUT2D eigenvalue weighted by Crippen LogP contribution is -2.53. The van der Waals surface area contributed by atoms with E-state index in [0.29, 0.717) is 31.0 Å². The van der Waals surface area contributed by atoms with Gasteiger partial charge in [0.15, 0.2) is 0 Å². The van der Waals surface area contributed by atoms with Gasteiger partial charge in [-0.3, -0.25) is 33.8 Å².